The maximum Gasteiger partial charge on any atom is 0.586 e. The number of ether oxygens (including phenoxy) is 6. The van der Waals surface area contributed by atoms with E-state index in [9.17, 15) is 27.2 Å². The number of halogens is 4. The van der Waals surface area contributed by atoms with Crippen LogP contribution in [0, 0.1) is 11.8 Å². The third kappa shape index (κ3) is 5.61. The molecule has 2 aromatic carbocycles. The van der Waals surface area contributed by atoms with Crippen molar-refractivity contribution in [3.63, 3.8) is 0 Å². The number of hydrogen-bond donors (Lipinski definition) is 1. The zero-order chi connectivity index (χ0) is 30.5. The highest BCUT2D eigenvalue weighted by molar-refractivity contribution is 5.90. The average Bonchev–Trinajstić information content (AvgIpc) is 3.45. The summed E-state index contributed by atoms with van der Waals surface area (Å²) in [5.41, 5.74) is -0.304. The summed E-state index contributed by atoms with van der Waals surface area (Å²) in [4.78, 5) is 26.1. The van der Waals surface area contributed by atoms with E-state index in [4.69, 9.17) is 14.2 Å². The number of hydrogen-bond acceptors (Lipinski definition) is 8. The molecule has 0 saturated heterocycles. The standard InChI is InChI=1S/C30H31F4NO8/c1-3-38-26(36)16-6-4-15(5-7-16)21-12-20(18-9-8-17(40-28(31)32)10-22(18)41-21)35-27(37)29(2)14-39-23-13-25-24(11-19(23)29)42-30(33,34)43-25/h8-11,13,15-16,20-21,28H,3-7,12,14H2,1-2H3,(H,35,37)/t15?,16?,20-,21-,29+/m1/s1. The molecule has 2 aromatic rings. The Morgan fingerprint density at radius 2 is 1.74 bits per heavy atom. The van der Waals surface area contributed by atoms with Gasteiger partial charge in [0.15, 0.2) is 11.5 Å². The Kier molecular flexibility index (Phi) is 7.45. The van der Waals surface area contributed by atoms with Gasteiger partial charge in [0.05, 0.1) is 18.6 Å². The number of carbonyl (C=O) groups excluding carboxylic acids is 2. The molecule has 232 valence electrons. The molecule has 1 aliphatic carbocycles. The van der Waals surface area contributed by atoms with Crippen LogP contribution < -0.4 is 29.0 Å². The van der Waals surface area contributed by atoms with Gasteiger partial charge in [-0.1, -0.05) is 0 Å². The minimum Gasteiger partial charge on any atom is -0.492 e. The number of amides is 1. The second-order valence-electron chi connectivity index (χ2n) is 11.4. The van der Waals surface area contributed by atoms with Crippen LogP contribution in [-0.2, 0) is 19.7 Å². The molecular weight excluding hydrogens is 578 g/mol. The van der Waals surface area contributed by atoms with Crippen molar-refractivity contribution in [2.24, 2.45) is 11.8 Å². The van der Waals surface area contributed by atoms with Gasteiger partial charge in [-0.3, -0.25) is 9.59 Å². The molecule has 9 nitrogen and oxygen atoms in total. The van der Waals surface area contributed by atoms with E-state index >= 15 is 0 Å². The van der Waals surface area contributed by atoms with Gasteiger partial charge in [-0.25, -0.2) is 0 Å². The van der Waals surface area contributed by atoms with E-state index in [1.54, 1.807) is 19.9 Å². The van der Waals surface area contributed by atoms with Crippen molar-refractivity contribution < 1.29 is 55.6 Å². The molecule has 13 heteroatoms. The van der Waals surface area contributed by atoms with E-state index in [2.05, 4.69) is 19.5 Å². The molecule has 1 amide bonds. The summed E-state index contributed by atoms with van der Waals surface area (Å²) in [7, 11) is 0. The maximum absolute atomic E-state index is 13.9. The van der Waals surface area contributed by atoms with E-state index in [0.717, 1.165) is 0 Å². The largest absolute Gasteiger partial charge is 0.586 e. The van der Waals surface area contributed by atoms with Gasteiger partial charge in [-0.2, -0.15) is 8.78 Å². The van der Waals surface area contributed by atoms with Crippen LogP contribution in [0.2, 0.25) is 0 Å². The minimum absolute atomic E-state index is 0.0467. The molecule has 0 aromatic heterocycles. The van der Waals surface area contributed by atoms with Crippen LogP contribution in [0.15, 0.2) is 30.3 Å². The lowest BCUT2D eigenvalue weighted by Gasteiger charge is -2.40. The van der Waals surface area contributed by atoms with Crippen LogP contribution >= 0.6 is 0 Å². The van der Waals surface area contributed by atoms with Crippen molar-refractivity contribution in [3.05, 3.63) is 41.5 Å². The highest BCUT2D eigenvalue weighted by atomic mass is 19.3. The Bertz CT molecular complexity index is 1410. The summed E-state index contributed by atoms with van der Waals surface area (Å²) in [6, 6.07) is 6.38. The summed E-state index contributed by atoms with van der Waals surface area (Å²) in [6.07, 6.45) is -1.17. The van der Waals surface area contributed by atoms with Gasteiger partial charge in [-0.15, -0.1) is 8.78 Å². The normalized spacial score (nSPS) is 28.3. The van der Waals surface area contributed by atoms with Crippen molar-refractivity contribution in [1.29, 1.82) is 0 Å². The molecule has 3 heterocycles. The first-order valence-corrected chi connectivity index (χ1v) is 14.3. The fourth-order valence-corrected chi connectivity index (χ4v) is 6.40. The number of alkyl halides is 4. The van der Waals surface area contributed by atoms with Crippen LogP contribution in [0.5, 0.6) is 28.7 Å². The second-order valence-corrected chi connectivity index (χ2v) is 11.4. The lowest BCUT2D eigenvalue weighted by Crippen LogP contribution is -2.47. The van der Waals surface area contributed by atoms with E-state index in [-0.39, 0.29) is 53.5 Å². The van der Waals surface area contributed by atoms with E-state index < -0.39 is 30.3 Å². The minimum atomic E-state index is -3.82. The number of esters is 1. The first kappa shape index (κ1) is 29.2. The zero-order valence-corrected chi connectivity index (χ0v) is 23.5. The number of carbonyl (C=O) groups is 2. The lowest BCUT2D eigenvalue weighted by atomic mass is 9.76. The smallest absolute Gasteiger partial charge is 0.492 e. The highest BCUT2D eigenvalue weighted by Crippen LogP contribution is 2.50. The SMILES string of the molecule is CCOC(=O)C1CCC([C@H]2C[C@@H](NC(=O)[C@@]3(C)COc4cc5c(cc43)OC(F)(F)O5)c3ccc(OC(F)F)cc3O2)CC1. The Morgan fingerprint density at radius 3 is 2.44 bits per heavy atom. The Labute approximate surface area is 244 Å². The van der Waals surface area contributed by atoms with Crippen LogP contribution in [-0.4, -0.2) is 44.1 Å². The van der Waals surface area contributed by atoms with Gasteiger partial charge in [0.1, 0.15) is 35.4 Å². The molecule has 43 heavy (non-hydrogen) atoms. The van der Waals surface area contributed by atoms with Crippen molar-refractivity contribution in [2.75, 3.05) is 13.2 Å². The molecule has 1 saturated carbocycles. The predicted molar refractivity (Wildman–Crippen MR) is 141 cm³/mol. The topological polar surface area (TPSA) is 102 Å². The van der Waals surface area contributed by atoms with Gasteiger partial charge < -0.3 is 33.7 Å². The molecular formula is C30H31F4NO8. The fraction of sp³-hybridized carbons (Fsp3) is 0.533. The van der Waals surface area contributed by atoms with Crippen molar-refractivity contribution >= 4 is 11.9 Å². The van der Waals surface area contributed by atoms with E-state index in [0.29, 0.717) is 55.6 Å². The first-order chi connectivity index (χ1) is 20.5. The maximum atomic E-state index is 13.9. The summed E-state index contributed by atoms with van der Waals surface area (Å²) in [6.45, 7) is 0.648. The Morgan fingerprint density at radius 1 is 1.02 bits per heavy atom. The molecule has 0 unspecified atom stereocenters. The highest BCUT2D eigenvalue weighted by Gasteiger charge is 2.49. The Hall–Kier alpha value is -3.90. The quantitative estimate of drug-likeness (QED) is 0.318. The van der Waals surface area contributed by atoms with Crippen molar-refractivity contribution in [1.82, 2.24) is 5.32 Å². The second kappa shape index (κ2) is 11.0. The first-order valence-electron chi connectivity index (χ1n) is 14.3. The molecule has 6 rings (SSSR count). The van der Waals surface area contributed by atoms with Gasteiger partial charge in [-0.05, 0) is 63.6 Å². The lowest BCUT2D eigenvalue weighted by molar-refractivity contribution is -0.286. The molecule has 3 aliphatic heterocycles. The van der Waals surface area contributed by atoms with Gasteiger partial charge >= 0.3 is 18.9 Å². The zero-order valence-electron chi connectivity index (χ0n) is 23.5. The summed E-state index contributed by atoms with van der Waals surface area (Å²) in [5.74, 6) is -0.702. The van der Waals surface area contributed by atoms with Gasteiger partial charge in [0.2, 0.25) is 5.91 Å². The average molecular weight is 610 g/mol. The summed E-state index contributed by atoms with van der Waals surface area (Å²) < 4.78 is 84.1. The van der Waals surface area contributed by atoms with Crippen LogP contribution in [0.4, 0.5) is 17.6 Å². The van der Waals surface area contributed by atoms with Crippen LogP contribution in [0.1, 0.15) is 63.1 Å². The molecule has 0 bridgehead atoms. The predicted octanol–water partition coefficient (Wildman–Crippen LogP) is 5.64. The third-order valence-corrected chi connectivity index (χ3v) is 8.67. The third-order valence-electron chi connectivity index (χ3n) is 8.67. The number of benzene rings is 2. The Balaban J connectivity index is 1.24. The van der Waals surface area contributed by atoms with E-state index in [1.165, 1.54) is 24.3 Å². The molecule has 3 atom stereocenters. The molecule has 1 fully saturated rings. The van der Waals surface area contributed by atoms with Crippen LogP contribution in [0.3, 0.4) is 0 Å². The molecule has 0 spiro atoms. The van der Waals surface area contributed by atoms with Gasteiger partial charge in [0.25, 0.3) is 0 Å². The number of rotatable bonds is 7. The summed E-state index contributed by atoms with van der Waals surface area (Å²) in [5, 5.41) is 3.07. The van der Waals surface area contributed by atoms with Gasteiger partial charge in [0, 0.05) is 29.7 Å². The van der Waals surface area contributed by atoms with Crippen molar-refractivity contribution in [2.45, 2.75) is 76.4 Å². The number of nitrogens with one attached hydrogen (secondary N) is 1. The fourth-order valence-electron chi connectivity index (χ4n) is 6.40. The van der Waals surface area contributed by atoms with E-state index in [1.807, 2.05) is 0 Å². The summed E-state index contributed by atoms with van der Waals surface area (Å²) >= 11 is 0. The number of fused-ring (bicyclic) bond motifs is 3. The molecule has 4 aliphatic rings. The monoisotopic (exact) mass is 609 g/mol. The van der Waals surface area contributed by atoms with Crippen molar-refractivity contribution in [3.8, 4) is 28.7 Å². The molecule has 1 N–H and O–H groups in total. The van der Waals surface area contributed by atoms with Crippen LogP contribution in [0.25, 0.3) is 0 Å². The molecule has 0 radical (unpaired) electrons.